The zero-order valence-corrected chi connectivity index (χ0v) is 7.50. The van der Waals surface area contributed by atoms with Crippen LogP contribution in [-0.4, -0.2) is 17.3 Å². The Balaban J connectivity index is 3.25. The Morgan fingerprint density at radius 1 is 1.77 bits per heavy atom. The lowest BCUT2D eigenvalue weighted by atomic mass is 10.2. The van der Waals surface area contributed by atoms with Crippen LogP contribution in [0.5, 0.6) is 5.75 Å². The summed E-state index contributed by atoms with van der Waals surface area (Å²) in [6, 6.07) is 3.18. The van der Waals surface area contributed by atoms with Crippen molar-refractivity contribution in [3.8, 4) is 11.8 Å². The summed E-state index contributed by atoms with van der Waals surface area (Å²) >= 11 is 5.24. The Kier molecular flexibility index (Phi) is 2.83. The number of halogens is 1. The lowest BCUT2D eigenvalue weighted by Gasteiger charge is -2.02. The Morgan fingerprint density at radius 2 is 2.46 bits per heavy atom. The third kappa shape index (κ3) is 1.95. The van der Waals surface area contributed by atoms with Crippen molar-refractivity contribution in [2.75, 3.05) is 7.11 Å². The molecule has 13 heavy (non-hydrogen) atoms. The van der Waals surface area contributed by atoms with Gasteiger partial charge >= 0.3 is 0 Å². The van der Waals surface area contributed by atoms with E-state index in [1.165, 1.54) is 19.4 Å². The monoisotopic (exact) mass is 196 g/mol. The van der Waals surface area contributed by atoms with E-state index in [4.69, 9.17) is 21.6 Å². The number of rotatable bonds is 2. The van der Waals surface area contributed by atoms with E-state index in [2.05, 4.69) is 4.98 Å². The number of nitriles is 1. The summed E-state index contributed by atoms with van der Waals surface area (Å²) in [6.07, 6.45) is 1.21. The van der Waals surface area contributed by atoms with Gasteiger partial charge in [-0.25, -0.2) is 4.98 Å². The van der Waals surface area contributed by atoms with Crippen LogP contribution in [0.2, 0.25) is 0 Å². The molecule has 4 nitrogen and oxygen atoms in total. The van der Waals surface area contributed by atoms with Gasteiger partial charge in [-0.3, -0.25) is 4.79 Å². The number of carbonyl (C=O) groups is 1. The van der Waals surface area contributed by atoms with Gasteiger partial charge in [0, 0.05) is 12.3 Å². The molecule has 0 aromatic carbocycles. The van der Waals surface area contributed by atoms with E-state index in [0.717, 1.165) is 0 Å². The smallest absolute Gasteiger partial charge is 0.257 e. The molecule has 0 bridgehead atoms. The lowest BCUT2D eigenvalue weighted by Crippen LogP contribution is -1.97. The van der Waals surface area contributed by atoms with Crippen LogP contribution in [0.3, 0.4) is 0 Å². The predicted molar refractivity (Wildman–Crippen MR) is 45.7 cm³/mol. The van der Waals surface area contributed by atoms with Crippen molar-refractivity contribution in [3.63, 3.8) is 0 Å². The lowest BCUT2D eigenvalue weighted by molar-refractivity contribution is 0.107. The maximum Gasteiger partial charge on any atom is 0.257 e. The molecule has 5 heteroatoms. The molecule has 0 aliphatic rings. The number of hydrogen-bond donors (Lipinski definition) is 0. The molecule has 0 aliphatic heterocycles. The molecule has 0 amide bonds. The van der Waals surface area contributed by atoms with Crippen molar-refractivity contribution in [1.82, 2.24) is 4.98 Å². The zero-order chi connectivity index (χ0) is 9.84. The van der Waals surface area contributed by atoms with Crippen molar-refractivity contribution < 1.29 is 9.53 Å². The first-order valence-corrected chi connectivity index (χ1v) is 3.70. The van der Waals surface area contributed by atoms with Gasteiger partial charge in [-0.1, -0.05) is 0 Å². The Hall–Kier alpha value is -1.60. The number of carbonyl (C=O) groups excluding carboxylic acids is 1. The molecule has 0 saturated heterocycles. The van der Waals surface area contributed by atoms with Gasteiger partial charge in [-0.05, 0) is 11.6 Å². The number of nitrogens with zero attached hydrogens (tertiary/aromatic N) is 2. The summed E-state index contributed by atoms with van der Waals surface area (Å²) in [5.74, 6) is 0.256. The van der Waals surface area contributed by atoms with Gasteiger partial charge in [0.05, 0.1) is 12.7 Å². The molecule has 66 valence electrons. The highest BCUT2D eigenvalue weighted by molar-refractivity contribution is 6.68. The molecular weight excluding hydrogens is 192 g/mol. The first-order chi connectivity index (χ1) is 6.19. The van der Waals surface area contributed by atoms with Gasteiger partial charge in [-0.15, -0.1) is 0 Å². The van der Waals surface area contributed by atoms with Crippen molar-refractivity contribution in [3.05, 3.63) is 23.5 Å². The molecule has 1 aromatic rings. The van der Waals surface area contributed by atoms with Crippen molar-refractivity contribution in [2.45, 2.75) is 0 Å². The molecule has 0 atom stereocenters. The molecule has 0 saturated carbocycles. The minimum absolute atomic E-state index is 0.156. The molecular formula is C8H5ClN2O2. The van der Waals surface area contributed by atoms with Crippen LogP contribution in [-0.2, 0) is 0 Å². The van der Waals surface area contributed by atoms with Crippen LogP contribution in [0.4, 0.5) is 0 Å². The second kappa shape index (κ2) is 3.87. The molecule has 0 aliphatic carbocycles. The number of ether oxygens (including phenoxy) is 1. The van der Waals surface area contributed by atoms with Crippen molar-refractivity contribution in [1.29, 1.82) is 5.26 Å². The van der Waals surface area contributed by atoms with Crippen molar-refractivity contribution >= 4 is 16.8 Å². The third-order valence-electron chi connectivity index (χ3n) is 1.41. The fourth-order valence-electron chi connectivity index (χ4n) is 0.815. The van der Waals surface area contributed by atoms with E-state index in [-0.39, 0.29) is 17.0 Å². The molecule has 1 aromatic heterocycles. The molecule has 1 heterocycles. The maximum absolute atomic E-state index is 10.8. The Bertz CT molecular complexity index is 384. The van der Waals surface area contributed by atoms with Gasteiger partial charge in [0.2, 0.25) is 0 Å². The molecule has 0 spiro atoms. The fourth-order valence-corrected chi connectivity index (χ4v) is 0.956. The first-order valence-electron chi connectivity index (χ1n) is 3.33. The van der Waals surface area contributed by atoms with Gasteiger partial charge in [0.1, 0.15) is 17.5 Å². The van der Waals surface area contributed by atoms with E-state index < -0.39 is 5.24 Å². The molecule has 0 radical (unpaired) electrons. The zero-order valence-electron chi connectivity index (χ0n) is 6.74. The molecule has 0 N–H and O–H groups in total. The van der Waals surface area contributed by atoms with Crippen LogP contribution in [0.25, 0.3) is 0 Å². The van der Waals surface area contributed by atoms with E-state index >= 15 is 0 Å². The van der Waals surface area contributed by atoms with E-state index in [0.29, 0.717) is 0 Å². The van der Waals surface area contributed by atoms with Crippen LogP contribution in [0.1, 0.15) is 16.1 Å². The molecule has 0 unspecified atom stereocenters. The normalized spacial score (nSPS) is 9.00. The highest BCUT2D eigenvalue weighted by Crippen LogP contribution is 2.19. The standard InChI is InChI=1S/C8H5ClN2O2/c1-13-7-2-5(3-10)11-4-6(7)8(9)12/h2,4H,1H3. The average molecular weight is 197 g/mol. The van der Waals surface area contributed by atoms with Crippen LogP contribution >= 0.6 is 11.6 Å². The second-order valence-electron chi connectivity index (χ2n) is 2.16. The predicted octanol–water partition coefficient (Wildman–Crippen LogP) is 1.34. The van der Waals surface area contributed by atoms with E-state index in [9.17, 15) is 4.79 Å². The highest BCUT2D eigenvalue weighted by Gasteiger charge is 2.10. The minimum atomic E-state index is -0.658. The summed E-state index contributed by atoms with van der Waals surface area (Å²) in [6.45, 7) is 0. The number of methoxy groups -OCH3 is 1. The first kappa shape index (κ1) is 9.49. The number of aromatic nitrogens is 1. The number of pyridine rings is 1. The molecule has 1 rings (SSSR count). The van der Waals surface area contributed by atoms with Crippen LogP contribution in [0, 0.1) is 11.3 Å². The van der Waals surface area contributed by atoms with Gasteiger partial charge in [-0.2, -0.15) is 5.26 Å². The summed E-state index contributed by atoms with van der Waals surface area (Å²) in [5, 5.41) is 7.84. The highest BCUT2D eigenvalue weighted by atomic mass is 35.5. The van der Waals surface area contributed by atoms with Gasteiger partial charge < -0.3 is 4.74 Å². The largest absolute Gasteiger partial charge is 0.496 e. The Morgan fingerprint density at radius 3 is 2.92 bits per heavy atom. The topological polar surface area (TPSA) is 63.0 Å². The molecule has 0 fully saturated rings. The SMILES string of the molecule is COc1cc(C#N)ncc1C(=O)Cl. The Labute approximate surface area is 79.7 Å². The minimum Gasteiger partial charge on any atom is -0.496 e. The van der Waals surface area contributed by atoms with Gasteiger partial charge in [0.15, 0.2) is 0 Å². The van der Waals surface area contributed by atoms with Crippen LogP contribution in [0.15, 0.2) is 12.3 Å². The maximum atomic E-state index is 10.8. The van der Waals surface area contributed by atoms with Gasteiger partial charge in [0.25, 0.3) is 5.24 Å². The van der Waals surface area contributed by atoms with Crippen LogP contribution < -0.4 is 4.74 Å². The second-order valence-corrected chi connectivity index (χ2v) is 2.50. The van der Waals surface area contributed by atoms with Crippen molar-refractivity contribution in [2.24, 2.45) is 0 Å². The summed E-state index contributed by atoms with van der Waals surface area (Å²) in [5.41, 5.74) is 0.335. The fraction of sp³-hybridized carbons (Fsp3) is 0.125. The van der Waals surface area contributed by atoms with E-state index in [1.807, 2.05) is 6.07 Å². The third-order valence-corrected chi connectivity index (χ3v) is 1.62. The summed E-state index contributed by atoms with van der Waals surface area (Å²) in [7, 11) is 1.39. The number of hydrogen-bond acceptors (Lipinski definition) is 4. The quantitative estimate of drug-likeness (QED) is 0.670. The summed E-state index contributed by atoms with van der Waals surface area (Å²) in [4.78, 5) is 14.5. The average Bonchev–Trinajstić information content (AvgIpc) is 2.16. The van der Waals surface area contributed by atoms with E-state index in [1.54, 1.807) is 0 Å². The summed E-state index contributed by atoms with van der Waals surface area (Å²) < 4.78 is 4.85.